The summed E-state index contributed by atoms with van der Waals surface area (Å²) >= 11 is 0. The van der Waals surface area contributed by atoms with Crippen LogP contribution in [0.5, 0.6) is 0 Å². The van der Waals surface area contributed by atoms with Crippen LogP contribution in [0, 0.1) is 5.92 Å². The summed E-state index contributed by atoms with van der Waals surface area (Å²) in [6.45, 7) is 4.01. The van der Waals surface area contributed by atoms with Crippen molar-refractivity contribution in [1.82, 2.24) is 4.67 Å². The summed E-state index contributed by atoms with van der Waals surface area (Å²) < 4.78 is 2.18. The molecule has 1 aliphatic rings. The molecular weight excluding hydrogens is 133 g/mol. The van der Waals surface area contributed by atoms with E-state index in [1.165, 1.54) is 0 Å². The molecule has 2 nitrogen and oxygen atoms in total. The average molecular weight is 147 g/mol. The summed E-state index contributed by atoms with van der Waals surface area (Å²) in [7, 11) is 2.66. The van der Waals surface area contributed by atoms with Crippen LogP contribution in [0.4, 0.5) is 0 Å². The van der Waals surface area contributed by atoms with Crippen LogP contribution in [0.1, 0.15) is 13.3 Å². The third-order valence-corrected chi connectivity index (χ3v) is 2.41. The summed E-state index contributed by atoms with van der Waals surface area (Å²) in [6.07, 6.45) is 1.01. The first-order valence-corrected chi connectivity index (χ1v) is 3.89. The highest BCUT2D eigenvalue weighted by Gasteiger charge is 2.22. The van der Waals surface area contributed by atoms with Gasteiger partial charge in [0.25, 0.3) is 0 Å². The molecule has 9 heavy (non-hydrogen) atoms. The molecule has 54 valence electrons. The average Bonchev–Trinajstić information content (AvgIpc) is 2.14. The molecule has 1 rings (SSSR count). The van der Waals surface area contributed by atoms with Gasteiger partial charge in [0, 0.05) is 13.1 Å². The summed E-state index contributed by atoms with van der Waals surface area (Å²) in [5.74, 6) is 0.502. The van der Waals surface area contributed by atoms with Crippen LogP contribution in [0.15, 0.2) is 0 Å². The molecule has 3 atom stereocenters. The normalized spacial score (nSPS) is 33.0. The highest BCUT2D eigenvalue weighted by Crippen LogP contribution is 2.21. The van der Waals surface area contributed by atoms with Gasteiger partial charge in [-0.05, 0) is 19.3 Å². The second-order valence-electron chi connectivity index (χ2n) is 2.78. The van der Waals surface area contributed by atoms with Gasteiger partial charge < -0.3 is 5.11 Å². The standard InChI is InChI=1S/C6H14NOP/c1-5(8)6-2-3-7(9)4-6/h5-6,8H,2-4,9H2,1H3/t5-,6-/m1/s1. The van der Waals surface area contributed by atoms with E-state index < -0.39 is 0 Å². The Kier molecular flexibility index (Phi) is 2.45. The Bertz CT molecular complexity index is 97.1. The van der Waals surface area contributed by atoms with Gasteiger partial charge in [-0.15, -0.1) is 0 Å². The molecule has 1 aliphatic heterocycles. The number of nitrogens with zero attached hydrogens (tertiary/aromatic N) is 1. The molecule has 0 aromatic heterocycles. The van der Waals surface area contributed by atoms with E-state index in [4.69, 9.17) is 5.11 Å². The second kappa shape index (κ2) is 2.96. The Balaban J connectivity index is 2.30. The van der Waals surface area contributed by atoms with E-state index in [0.717, 1.165) is 19.5 Å². The van der Waals surface area contributed by atoms with Crippen molar-refractivity contribution >= 4 is 9.39 Å². The van der Waals surface area contributed by atoms with E-state index >= 15 is 0 Å². The van der Waals surface area contributed by atoms with Crippen LogP contribution in [0.2, 0.25) is 0 Å². The molecule has 3 heteroatoms. The number of aliphatic hydroxyl groups excluding tert-OH is 1. The van der Waals surface area contributed by atoms with Crippen molar-refractivity contribution in [3.8, 4) is 0 Å². The molecular formula is C6H14NOP. The van der Waals surface area contributed by atoms with E-state index in [2.05, 4.69) is 14.1 Å². The van der Waals surface area contributed by atoms with Crippen LogP contribution in [-0.4, -0.2) is 29.0 Å². The van der Waals surface area contributed by atoms with Gasteiger partial charge in [-0.3, -0.25) is 4.67 Å². The first kappa shape index (κ1) is 7.46. The minimum absolute atomic E-state index is 0.129. The lowest BCUT2D eigenvalue weighted by Gasteiger charge is -2.12. The van der Waals surface area contributed by atoms with Crippen molar-refractivity contribution in [3.63, 3.8) is 0 Å². The van der Waals surface area contributed by atoms with Gasteiger partial charge in [0.15, 0.2) is 0 Å². The van der Waals surface area contributed by atoms with E-state index in [9.17, 15) is 0 Å². The first-order valence-electron chi connectivity index (χ1n) is 3.38. The van der Waals surface area contributed by atoms with Gasteiger partial charge in [-0.1, -0.05) is 9.39 Å². The Morgan fingerprint density at radius 1 is 1.78 bits per heavy atom. The lowest BCUT2D eigenvalue weighted by molar-refractivity contribution is 0.133. The number of rotatable bonds is 1. The largest absolute Gasteiger partial charge is 0.393 e. The zero-order valence-corrected chi connectivity index (χ0v) is 6.90. The highest BCUT2D eigenvalue weighted by molar-refractivity contribution is 7.13. The van der Waals surface area contributed by atoms with Crippen molar-refractivity contribution in [2.24, 2.45) is 5.92 Å². The maximum absolute atomic E-state index is 9.13. The Labute approximate surface area is 58.5 Å². The Morgan fingerprint density at radius 2 is 2.44 bits per heavy atom. The molecule has 1 unspecified atom stereocenters. The lowest BCUT2D eigenvalue weighted by atomic mass is 10.0. The minimum Gasteiger partial charge on any atom is -0.393 e. The van der Waals surface area contributed by atoms with Crippen LogP contribution in [-0.2, 0) is 0 Å². The first-order chi connectivity index (χ1) is 4.20. The zero-order valence-electron chi connectivity index (χ0n) is 5.75. The Hall–Kier alpha value is 0.350. The topological polar surface area (TPSA) is 23.5 Å². The zero-order chi connectivity index (χ0) is 6.85. The smallest absolute Gasteiger partial charge is 0.0553 e. The molecule has 0 amide bonds. The van der Waals surface area contributed by atoms with Gasteiger partial charge in [0.05, 0.1) is 6.10 Å². The second-order valence-corrected chi connectivity index (χ2v) is 3.51. The van der Waals surface area contributed by atoms with Crippen molar-refractivity contribution in [3.05, 3.63) is 0 Å². The molecule has 1 N–H and O–H groups in total. The van der Waals surface area contributed by atoms with E-state index in [1.54, 1.807) is 0 Å². The quantitative estimate of drug-likeness (QED) is 0.545. The molecule has 0 saturated carbocycles. The van der Waals surface area contributed by atoms with Crippen molar-refractivity contribution in [1.29, 1.82) is 0 Å². The van der Waals surface area contributed by atoms with Gasteiger partial charge >= 0.3 is 0 Å². The molecule has 0 radical (unpaired) electrons. The monoisotopic (exact) mass is 147 g/mol. The number of aliphatic hydroxyl groups is 1. The van der Waals surface area contributed by atoms with Crippen molar-refractivity contribution in [2.75, 3.05) is 13.1 Å². The van der Waals surface area contributed by atoms with Crippen LogP contribution >= 0.6 is 9.39 Å². The van der Waals surface area contributed by atoms with Gasteiger partial charge in [0.1, 0.15) is 0 Å². The molecule has 0 aromatic carbocycles. The molecule has 1 heterocycles. The predicted molar refractivity (Wildman–Crippen MR) is 41.1 cm³/mol. The molecule has 0 aliphatic carbocycles. The molecule has 0 aromatic rings. The predicted octanol–water partition coefficient (Wildman–Crippen LogP) is 0.479. The van der Waals surface area contributed by atoms with E-state index in [-0.39, 0.29) is 6.10 Å². The maximum Gasteiger partial charge on any atom is 0.0553 e. The van der Waals surface area contributed by atoms with Crippen molar-refractivity contribution in [2.45, 2.75) is 19.4 Å². The maximum atomic E-state index is 9.13. The van der Waals surface area contributed by atoms with Gasteiger partial charge in [-0.25, -0.2) is 0 Å². The summed E-state index contributed by atoms with van der Waals surface area (Å²) in [4.78, 5) is 0. The number of hydrogen-bond donors (Lipinski definition) is 1. The SMILES string of the molecule is C[C@@H](O)[C@@H]1CCN(P)C1. The van der Waals surface area contributed by atoms with Crippen molar-refractivity contribution < 1.29 is 5.11 Å². The third-order valence-electron chi connectivity index (χ3n) is 1.94. The molecule has 0 spiro atoms. The van der Waals surface area contributed by atoms with Gasteiger partial charge in [0.2, 0.25) is 0 Å². The van der Waals surface area contributed by atoms with Crippen LogP contribution in [0.25, 0.3) is 0 Å². The third kappa shape index (κ3) is 1.89. The Morgan fingerprint density at radius 3 is 2.67 bits per heavy atom. The molecule has 1 saturated heterocycles. The fourth-order valence-electron chi connectivity index (χ4n) is 1.21. The summed E-state index contributed by atoms with van der Waals surface area (Å²) in [5.41, 5.74) is 0. The fourth-order valence-corrected chi connectivity index (χ4v) is 1.63. The summed E-state index contributed by atoms with van der Waals surface area (Å²) in [6, 6.07) is 0. The van der Waals surface area contributed by atoms with E-state index in [1.807, 2.05) is 6.92 Å². The fraction of sp³-hybridized carbons (Fsp3) is 1.00. The van der Waals surface area contributed by atoms with Crippen LogP contribution < -0.4 is 0 Å². The highest BCUT2D eigenvalue weighted by atomic mass is 31.0. The number of hydrogen-bond acceptors (Lipinski definition) is 2. The van der Waals surface area contributed by atoms with E-state index in [0.29, 0.717) is 5.92 Å². The molecule has 1 fully saturated rings. The summed E-state index contributed by atoms with van der Waals surface area (Å²) in [5, 5.41) is 9.13. The van der Waals surface area contributed by atoms with Crippen LogP contribution in [0.3, 0.4) is 0 Å². The van der Waals surface area contributed by atoms with Gasteiger partial charge in [-0.2, -0.15) is 0 Å². The minimum atomic E-state index is -0.129. The molecule has 0 bridgehead atoms. The lowest BCUT2D eigenvalue weighted by Crippen LogP contribution is -2.18.